The van der Waals surface area contributed by atoms with Crippen LogP contribution in [0.5, 0.6) is 17.5 Å². The second-order valence-corrected chi connectivity index (χ2v) is 6.90. The van der Waals surface area contributed by atoms with E-state index in [1.807, 2.05) is 48.5 Å². The Kier molecular flexibility index (Phi) is 7.96. The molecule has 0 radical (unpaired) electrons. The number of para-hydroxylation sites is 1. The summed E-state index contributed by atoms with van der Waals surface area (Å²) in [4.78, 5) is 10.9. The SMILES string of the molecule is COc1cc(CNCc2ccc(C(=O)O)cc2)ccc1Oc1nnnn1-c1ccccc1.Cl. The van der Waals surface area contributed by atoms with Gasteiger partial charge in [-0.05, 0) is 58.0 Å². The average molecular weight is 468 g/mol. The molecule has 0 aliphatic carbocycles. The third kappa shape index (κ3) is 5.85. The highest BCUT2D eigenvalue weighted by Gasteiger charge is 2.14. The number of benzene rings is 3. The van der Waals surface area contributed by atoms with Crippen LogP contribution in [0, 0.1) is 0 Å². The zero-order valence-electron chi connectivity index (χ0n) is 17.7. The molecule has 0 fully saturated rings. The van der Waals surface area contributed by atoms with E-state index in [0.717, 1.165) is 16.8 Å². The molecule has 0 saturated carbocycles. The number of hydrogen-bond donors (Lipinski definition) is 2. The molecule has 0 aliphatic rings. The van der Waals surface area contributed by atoms with Gasteiger partial charge in [-0.2, -0.15) is 4.68 Å². The maximum Gasteiger partial charge on any atom is 0.346 e. The number of hydrogen-bond acceptors (Lipinski definition) is 7. The maximum absolute atomic E-state index is 10.9. The van der Waals surface area contributed by atoms with Gasteiger partial charge in [0.05, 0.1) is 18.4 Å². The number of nitrogens with one attached hydrogen (secondary N) is 1. The van der Waals surface area contributed by atoms with Gasteiger partial charge in [0.2, 0.25) is 0 Å². The Morgan fingerprint density at radius 1 is 0.970 bits per heavy atom. The Bertz CT molecular complexity index is 1200. The zero-order chi connectivity index (χ0) is 22.3. The highest BCUT2D eigenvalue weighted by Crippen LogP contribution is 2.32. The topological polar surface area (TPSA) is 111 Å². The van der Waals surface area contributed by atoms with E-state index < -0.39 is 5.97 Å². The molecule has 0 atom stereocenters. The molecule has 4 rings (SSSR count). The summed E-state index contributed by atoms with van der Waals surface area (Å²) in [5.41, 5.74) is 3.05. The molecule has 9 nitrogen and oxygen atoms in total. The number of aromatic nitrogens is 4. The molecule has 0 saturated heterocycles. The van der Waals surface area contributed by atoms with Gasteiger partial charge in [-0.3, -0.25) is 0 Å². The molecule has 4 aromatic rings. The quantitative estimate of drug-likeness (QED) is 0.381. The summed E-state index contributed by atoms with van der Waals surface area (Å²) in [5.74, 6) is 0.113. The van der Waals surface area contributed by atoms with Crippen molar-refractivity contribution in [3.05, 3.63) is 89.5 Å². The Balaban J connectivity index is 0.00000306. The van der Waals surface area contributed by atoms with Crippen LogP contribution in [0.15, 0.2) is 72.8 Å². The van der Waals surface area contributed by atoms with E-state index in [1.54, 1.807) is 31.4 Å². The number of tetrazole rings is 1. The van der Waals surface area contributed by atoms with Crippen LogP contribution in [0.2, 0.25) is 0 Å². The Hall–Kier alpha value is -3.95. The first-order chi connectivity index (χ1) is 15.6. The van der Waals surface area contributed by atoms with E-state index in [2.05, 4.69) is 20.8 Å². The number of methoxy groups -OCH3 is 1. The van der Waals surface area contributed by atoms with Crippen LogP contribution in [0.25, 0.3) is 5.69 Å². The molecule has 3 aromatic carbocycles. The van der Waals surface area contributed by atoms with Gasteiger partial charge in [0.25, 0.3) is 0 Å². The summed E-state index contributed by atoms with van der Waals surface area (Å²) < 4.78 is 12.9. The highest BCUT2D eigenvalue weighted by atomic mass is 35.5. The van der Waals surface area contributed by atoms with Gasteiger partial charge >= 0.3 is 12.0 Å². The van der Waals surface area contributed by atoms with Crippen LogP contribution in [-0.4, -0.2) is 38.4 Å². The summed E-state index contributed by atoms with van der Waals surface area (Å²) in [7, 11) is 1.57. The molecule has 0 amide bonds. The van der Waals surface area contributed by atoms with Gasteiger partial charge in [-0.15, -0.1) is 12.4 Å². The zero-order valence-corrected chi connectivity index (χ0v) is 18.5. The van der Waals surface area contributed by atoms with E-state index in [4.69, 9.17) is 14.6 Å². The number of ether oxygens (including phenoxy) is 2. The van der Waals surface area contributed by atoms with Crippen molar-refractivity contribution in [3.8, 4) is 23.2 Å². The van der Waals surface area contributed by atoms with Crippen LogP contribution < -0.4 is 14.8 Å². The molecule has 1 aromatic heterocycles. The van der Waals surface area contributed by atoms with Crippen LogP contribution in [0.4, 0.5) is 0 Å². The first-order valence-electron chi connectivity index (χ1n) is 9.85. The van der Waals surface area contributed by atoms with Crippen molar-refractivity contribution in [2.24, 2.45) is 0 Å². The number of nitrogens with zero attached hydrogens (tertiary/aromatic N) is 4. The standard InChI is InChI=1S/C23H21N5O4.ClH/c1-31-21-13-17(15-24-14-16-7-10-18(11-8-16)22(29)30)9-12-20(21)32-23-25-26-27-28(23)19-5-3-2-4-6-19;/h2-13,24H,14-15H2,1H3,(H,29,30);1H. The van der Waals surface area contributed by atoms with Crippen molar-refractivity contribution in [1.29, 1.82) is 0 Å². The first-order valence-corrected chi connectivity index (χ1v) is 9.85. The van der Waals surface area contributed by atoms with Gasteiger partial charge in [0.15, 0.2) is 11.5 Å². The molecule has 2 N–H and O–H groups in total. The molecule has 33 heavy (non-hydrogen) atoms. The minimum Gasteiger partial charge on any atom is -0.493 e. The van der Waals surface area contributed by atoms with Crippen molar-refractivity contribution in [1.82, 2.24) is 25.5 Å². The van der Waals surface area contributed by atoms with Crippen molar-refractivity contribution in [2.75, 3.05) is 7.11 Å². The lowest BCUT2D eigenvalue weighted by Crippen LogP contribution is -2.13. The van der Waals surface area contributed by atoms with E-state index in [-0.39, 0.29) is 24.0 Å². The Labute approximate surface area is 196 Å². The number of carboxylic acid groups (broad SMARTS) is 1. The number of rotatable bonds is 9. The summed E-state index contributed by atoms with van der Waals surface area (Å²) in [6, 6.07) is 22.1. The average Bonchev–Trinajstić information content (AvgIpc) is 3.29. The summed E-state index contributed by atoms with van der Waals surface area (Å²) >= 11 is 0. The first kappa shape index (κ1) is 23.7. The van der Waals surface area contributed by atoms with Gasteiger partial charge in [0.1, 0.15) is 0 Å². The van der Waals surface area contributed by atoms with Crippen LogP contribution >= 0.6 is 12.4 Å². The third-order valence-corrected chi connectivity index (χ3v) is 4.73. The van der Waals surface area contributed by atoms with Crippen LogP contribution in [-0.2, 0) is 13.1 Å². The molecule has 170 valence electrons. The number of aromatic carboxylic acids is 1. The van der Waals surface area contributed by atoms with Crippen LogP contribution in [0.3, 0.4) is 0 Å². The Morgan fingerprint density at radius 2 is 1.67 bits per heavy atom. The lowest BCUT2D eigenvalue weighted by Gasteiger charge is -2.12. The number of carboxylic acids is 1. The lowest BCUT2D eigenvalue weighted by atomic mass is 10.1. The second-order valence-electron chi connectivity index (χ2n) is 6.90. The lowest BCUT2D eigenvalue weighted by molar-refractivity contribution is 0.0697. The van der Waals surface area contributed by atoms with Gasteiger partial charge < -0.3 is 19.9 Å². The van der Waals surface area contributed by atoms with Crippen molar-refractivity contribution in [3.63, 3.8) is 0 Å². The second kappa shape index (κ2) is 11.1. The molecule has 1 heterocycles. The molecule has 0 aliphatic heterocycles. The maximum atomic E-state index is 10.9. The number of carbonyl (C=O) groups is 1. The molecular weight excluding hydrogens is 446 g/mol. The molecule has 10 heteroatoms. The predicted molar refractivity (Wildman–Crippen MR) is 123 cm³/mol. The van der Waals surface area contributed by atoms with Crippen molar-refractivity contribution >= 4 is 18.4 Å². The Morgan fingerprint density at radius 3 is 2.36 bits per heavy atom. The van der Waals surface area contributed by atoms with E-state index >= 15 is 0 Å². The molecular formula is C23H22ClN5O4. The van der Waals surface area contributed by atoms with E-state index in [1.165, 1.54) is 4.68 Å². The fourth-order valence-electron chi connectivity index (χ4n) is 3.09. The van der Waals surface area contributed by atoms with Crippen LogP contribution in [0.1, 0.15) is 21.5 Å². The van der Waals surface area contributed by atoms with Crippen molar-refractivity contribution < 1.29 is 19.4 Å². The number of halogens is 1. The predicted octanol–water partition coefficient (Wildman–Crippen LogP) is 3.87. The fraction of sp³-hybridized carbons (Fsp3) is 0.130. The summed E-state index contributed by atoms with van der Waals surface area (Å²) in [5, 5.41) is 24.0. The normalized spacial score (nSPS) is 10.3. The van der Waals surface area contributed by atoms with Gasteiger partial charge in [-0.1, -0.05) is 41.5 Å². The van der Waals surface area contributed by atoms with Gasteiger partial charge in [-0.25, -0.2) is 4.79 Å². The summed E-state index contributed by atoms with van der Waals surface area (Å²) in [6.07, 6.45) is 0. The largest absolute Gasteiger partial charge is 0.493 e. The third-order valence-electron chi connectivity index (χ3n) is 4.73. The molecule has 0 unspecified atom stereocenters. The molecule has 0 spiro atoms. The van der Waals surface area contributed by atoms with Crippen molar-refractivity contribution in [2.45, 2.75) is 13.1 Å². The fourth-order valence-corrected chi connectivity index (χ4v) is 3.09. The summed E-state index contributed by atoms with van der Waals surface area (Å²) in [6.45, 7) is 1.20. The van der Waals surface area contributed by atoms with E-state index in [0.29, 0.717) is 24.6 Å². The highest BCUT2D eigenvalue weighted by molar-refractivity contribution is 5.87. The van der Waals surface area contributed by atoms with Gasteiger partial charge in [0, 0.05) is 13.1 Å². The van der Waals surface area contributed by atoms with E-state index in [9.17, 15) is 4.79 Å². The molecule has 0 bridgehead atoms. The monoisotopic (exact) mass is 467 g/mol. The minimum atomic E-state index is -0.934. The minimum absolute atomic E-state index is 0. The smallest absolute Gasteiger partial charge is 0.346 e.